The first-order valence-electron chi connectivity index (χ1n) is 7.78. The van der Waals surface area contributed by atoms with Gasteiger partial charge in [-0.1, -0.05) is 19.9 Å². The van der Waals surface area contributed by atoms with Crippen LogP contribution in [0.15, 0.2) is 29.5 Å². The van der Waals surface area contributed by atoms with Gasteiger partial charge in [0.2, 0.25) is 0 Å². The maximum absolute atomic E-state index is 12.4. The number of rotatable bonds is 6. The first-order valence-corrected chi connectivity index (χ1v) is 7.78. The van der Waals surface area contributed by atoms with Crippen LogP contribution in [-0.2, 0) is 9.59 Å². The van der Waals surface area contributed by atoms with Crippen LogP contribution < -0.4 is 9.47 Å². The van der Waals surface area contributed by atoms with Crippen molar-refractivity contribution in [3.05, 3.63) is 35.1 Å². The summed E-state index contributed by atoms with van der Waals surface area (Å²) in [7, 11) is 3.06. The highest BCUT2D eigenvalue weighted by Crippen LogP contribution is 2.40. The van der Waals surface area contributed by atoms with Gasteiger partial charge < -0.3 is 19.5 Å². The zero-order valence-electron chi connectivity index (χ0n) is 14.6. The molecule has 0 saturated carbocycles. The molecule has 6 heteroatoms. The second-order valence-corrected chi connectivity index (χ2v) is 6.19. The Labute approximate surface area is 141 Å². The van der Waals surface area contributed by atoms with E-state index < -0.39 is 17.7 Å². The third-order valence-corrected chi connectivity index (χ3v) is 3.97. The van der Waals surface area contributed by atoms with Gasteiger partial charge in [0.25, 0.3) is 5.91 Å². The maximum atomic E-state index is 12.4. The van der Waals surface area contributed by atoms with Crippen LogP contribution in [-0.4, -0.2) is 42.5 Å². The van der Waals surface area contributed by atoms with Crippen LogP contribution in [0.25, 0.3) is 0 Å². The minimum atomic E-state index is -0.628. The summed E-state index contributed by atoms with van der Waals surface area (Å²) in [6, 6.07) is 4.59. The Morgan fingerprint density at radius 2 is 1.88 bits per heavy atom. The van der Waals surface area contributed by atoms with Crippen molar-refractivity contribution in [1.29, 1.82) is 0 Å². The molecule has 1 atom stereocenters. The van der Waals surface area contributed by atoms with Gasteiger partial charge in [-0.05, 0) is 30.5 Å². The Bertz CT molecular complexity index is 693. The van der Waals surface area contributed by atoms with E-state index in [-0.39, 0.29) is 17.3 Å². The number of benzene rings is 1. The number of carbonyl (C=O) groups excluding carboxylic acids is 2. The summed E-state index contributed by atoms with van der Waals surface area (Å²) in [5.74, 6) is -0.0704. The largest absolute Gasteiger partial charge is 0.503 e. The molecule has 1 aromatic rings. The molecule has 1 aliphatic rings. The van der Waals surface area contributed by atoms with Gasteiger partial charge in [0.05, 0.1) is 25.8 Å². The second kappa shape index (κ2) is 6.95. The molecule has 0 fully saturated rings. The fraction of sp³-hybridized carbons (Fsp3) is 0.444. The summed E-state index contributed by atoms with van der Waals surface area (Å²) in [6.45, 7) is 5.73. The van der Waals surface area contributed by atoms with Gasteiger partial charge in [-0.2, -0.15) is 0 Å². The zero-order valence-corrected chi connectivity index (χ0v) is 14.6. The normalized spacial score (nSPS) is 17.7. The van der Waals surface area contributed by atoms with Crippen molar-refractivity contribution in [3.8, 4) is 11.5 Å². The lowest BCUT2D eigenvalue weighted by atomic mass is 9.96. The van der Waals surface area contributed by atoms with E-state index in [1.165, 1.54) is 26.0 Å². The molecule has 0 bridgehead atoms. The van der Waals surface area contributed by atoms with E-state index in [1.54, 1.807) is 18.2 Å². The Kier molecular flexibility index (Phi) is 5.17. The van der Waals surface area contributed by atoms with Crippen molar-refractivity contribution in [2.45, 2.75) is 26.8 Å². The molecular formula is C18H23NO5. The monoisotopic (exact) mass is 333 g/mol. The number of ether oxygens (including phenoxy) is 2. The Morgan fingerprint density at radius 3 is 2.38 bits per heavy atom. The minimum absolute atomic E-state index is 0.118. The number of hydrogen-bond acceptors (Lipinski definition) is 5. The third-order valence-electron chi connectivity index (χ3n) is 3.97. The van der Waals surface area contributed by atoms with Crippen LogP contribution in [0.2, 0.25) is 0 Å². The van der Waals surface area contributed by atoms with E-state index >= 15 is 0 Å². The van der Waals surface area contributed by atoms with Crippen molar-refractivity contribution >= 4 is 11.7 Å². The van der Waals surface area contributed by atoms with Gasteiger partial charge in [0.1, 0.15) is 0 Å². The van der Waals surface area contributed by atoms with E-state index in [0.29, 0.717) is 23.6 Å². The van der Waals surface area contributed by atoms with Crippen molar-refractivity contribution in [1.82, 2.24) is 4.90 Å². The van der Waals surface area contributed by atoms with Gasteiger partial charge in [-0.3, -0.25) is 9.59 Å². The average molecular weight is 333 g/mol. The molecule has 6 nitrogen and oxygen atoms in total. The van der Waals surface area contributed by atoms with Crippen LogP contribution in [0.5, 0.6) is 11.5 Å². The number of carbonyl (C=O) groups is 2. The van der Waals surface area contributed by atoms with Crippen LogP contribution in [0, 0.1) is 5.92 Å². The van der Waals surface area contributed by atoms with Gasteiger partial charge in [-0.25, -0.2) is 0 Å². The standard InChI is InChI=1S/C18H23NO5/c1-10(2)9-19-16(15(11(3)20)17(21)18(19)22)12-6-7-13(23-4)14(8-12)24-5/h6-8,10,16,21H,9H2,1-5H3. The fourth-order valence-electron chi connectivity index (χ4n) is 2.96. The number of methoxy groups -OCH3 is 2. The molecule has 1 aliphatic heterocycles. The first kappa shape index (κ1) is 17.8. The van der Waals surface area contributed by atoms with E-state index in [9.17, 15) is 14.7 Å². The molecular weight excluding hydrogens is 310 g/mol. The van der Waals surface area contributed by atoms with Gasteiger partial charge in [0, 0.05) is 6.54 Å². The summed E-state index contributed by atoms with van der Waals surface area (Å²) >= 11 is 0. The summed E-state index contributed by atoms with van der Waals surface area (Å²) in [5.41, 5.74) is 0.809. The highest BCUT2D eigenvalue weighted by molar-refractivity contribution is 6.08. The van der Waals surface area contributed by atoms with Crippen LogP contribution in [0.1, 0.15) is 32.4 Å². The third kappa shape index (κ3) is 3.09. The Balaban J connectivity index is 2.57. The average Bonchev–Trinajstić information content (AvgIpc) is 2.78. The summed E-state index contributed by atoms with van der Waals surface area (Å²) < 4.78 is 10.5. The lowest BCUT2D eigenvalue weighted by Gasteiger charge is -2.28. The van der Waals surface area contributed by atoms with E-state index in [2.05, 4.69) is 0 Å². The molecule has 0 saturated heterocycles. The number of amides is 1. The van der Waals surface area contributed by atoms with Crippen LogP contribution >= 0.6 is 0 Å². The molecule has 24 heavy (non-hydrogen) atoms. The molecule has 130 valence electrons. The molecule has 2 rings (SSSR count). The molecule has 1 N–H and O–H groups in total. The summed E-state index contributed by atoms with van der Waals surface area (Å²) in [6.07, 6.45) is 0. The predicted molar refractivity (Wildman–Crippen MR) is 89.2 cm³/mol. The number of aliphatic hydroxyl groups excluding tert-OH is 1. The first-order chi connectivity index (χ1) is 11.3. The lowest BCUT2D eigenvalue weighted by molar-refractivity contribution is -0.129. The van der Waals surface area contributed by atoms with Gasteiger partial charge in [-0.15, -0.1) is 0 Å². The van der Waals surface area contributed by atoms with Crippen LogP contribution in [0.4, 0.5) is 0 Å². The Hall–Kier alpha value is -2.50. The van der Waals surface area contributed by atoms with Crippen molar-refractivity contribution in [2.75, 3.05) is 20.8 Å². The van der Waals surface area contributed by atoms with Crippen LogP contribution in [0.3, 0.4) is 0 Å². The fourth-order valence-corrected chi connectivity index (χ4v) is 2.96. The van der Waals surface area contributed by atoms with Gasteiger partial charge >= 0.3 is 0 Å². The van der Waals surface area contributed by atoms with Crippen molar-refractivity contribution in [2.24, 2.45) is 5.92 Å². The molecule has 0 aliphatic carbocycles. The molecule has 1 amide bonds. The highest BCUT2D eigenvalue weighted by Gasteiger charge is 2.42. The number of nitrogens with zero attached hydrogens (tertiary/aromatic N) is 1. The lowest BCUT2D eigenvalue weighted by Crippen LogP contribution is -2.34. The molecule has 0 radical (unpaired) electrons. The van der Waals surface area contributed by atoms with Gasteiger partial charge in [0.15, 0.2) is 23.0 Å². The SMILES string of the molecule is COc1ccc(C2C(C(C)=O)=C(O)C(=O)N2CC(C)C)cc1OC. The quantitative estimate of drug-likeness (QED) is 0.866. The summed E-state index contributed by atoms with van der Waals surface area (Å²) in [4.78, 5) is 26.0. The predicted octanol–water partition coefficient (Wildman–Crippen LogP) is 2.64. The summed E-state index contributed by atoms with van der Waals surface area (Å²) in [5, 5.41) is 10.2. The van der Waals surface area contributed by atoms with E-state index in [4.69, 9.17) is 9.47 Å². The molecule has 0 spiro atoms. The zero-order chi connectivity index (χ0) is 18.0. The van der Waals surface area contributed by atoms with E-state index in [0.717, 1.165) is 0 Å². The van der Waals surface area contributed by atoms with E-state index in [1.807, 2.05) is 13.8 Å². The minimum Gasteiger partial charge on any atom is -0.503 e. The highest BCUT2D eigenvalue weighted by atomic mass is 16.5. The maximum Gasteiger partial charge on any atom is 0.290 e. The molecule has 1 unspecified atom stereocenters. The molecule has 0 aromatic heterocycles. The number of Topliss-reactive ketones (excluding diaryl/α,β-unsaturated/α-hetero) is 1. The van der Waals surface area contributed by atoms with Crippen molar-refractivity contribution in [3.63, 3.8) is 0 Å². The second-order valence-electron chi connectivity index (χ2n) is 6.19. The molecule has 1 aromatic carbocycles. The van der Waals surface area contributed by atoms with Crippen molar-refractivity contribution < 1.29 is 24.2 Å². The smallest absolute Gasteiger partial charge is 0.290 e. The number of hydrogen-bond donors (Lipinski definition) is 1. The number of aliphatic hydroxyl groups is 1. The molecule has 1 heterocycles. The Morgan fingerprint density at radius 1 is 1.25 bits per heavy atom. The topological polar surface area (TPSA) is 76.1 Å². The number of ketones is 1.